The predicted molar refractivity (Wildman–Crippen MR) is 114 cm³/mol. The molecule has 1 atom stereocenters. The Balaban J connectivity index is 1.37. The molecule has 1 aliphatic heterocycles. The molecule has 0 aliphatic carbocycles. The Kier molecular flexibility index (Phi) is 5.94. The summed E-state index contributed by atoms with van der Waals surface area (Å²) in [5.74, 6) is 0.0350. The predicted octanol–water partition coefficient (Wildman–Crippen LogP) is 4.17. The second-order valence-electron chi connectivity index (χ2n) is 7.73. The summed E-state index contributed by atoms with van der Waals surface area (Å²) in [6.45, 7) is 2.99. The van der Waals surface area contributed by atoms with Crippen LogP contribution in [0.1, 0.15) is 18.4 Å². The number of hydrogen-bond donors (Lipinski definition) is 1. The lowest BCUT2D eigenvalue weighted by Gasteiger charge is -2.32. The van der Waals surface area contributed by atoms with Crippen LogP contribution in [0.25, 0.3) is 10.8 Å². The Morgan fingerprint density at radius 3 is 2.55 bits per heavy atom. The molecule has 0 aromatic heterocycles. The minimum Gasteiger partial charge on any atom is -0.299 e. The average Bonchev–Trinajstić information content (AvgIpc) is 2.74. The van der Waals surface area contributed by atoms with Crippen molar-refractivity contribution in [3.8, 4) is 0 Å². The van der Waals surface area contributed by atoms with Gasteiger partial charge in [-0.3, -0.25) is 4.90 Å². The fourth-order valence-corrected chi connectivity index (χ4v) is 5.11. The molecule has 6 heteroatoms. The van der Waals surface area contributed by atoms with Gasteiger partial charge in [-0.25, -0.2) is 17.5 Å². The van der Waals surface area contributed by atoms with Crippen LogP contribution in [0.15, 0.2) is 71.6 Å². The van der Waals surface area contributed by atoms with Crippen LogP contribution in [-0.2, 0) is 16.6 Å². The first-order valence-electron chi connectivity index (χ1n) is 9.95. The van der Waals surface area contributed by atoms with Gasteiger partial charge >= 0.3 is 0 Å². The molecule has 0 saturated carbocycles. The third-order valence-electron chi connectivity index (χ3n) is 5.52. The van der Waals surface area contributed by atoms with E-state index >= 15 is 0 Å². The molecule has 152 valence electrons. The first-order chi connectivity index (χ1) is 14.0. The van der Waals surface area contributed by atoms with Gasteiger partial charge in [0.25, 0.3) is 0 Å². The molecule has 0 bridgehead atoms. The Bertz CT molecular complexity index is 1080. The number of likely N-dealkylation sites (tertiary alicyclic amines) is 1. The van der Waals surface area contributed by atoms with Crippen LogP contribution >= 0.6 is 0 Å². The summed E-state index contributed by atoms with van der Waals surface area (Å²) >= 11 is 0. The van der Waals surface area contributed by atoms with Crippen molar-refractivity contribution in [2.45, 2.75) is 24.3 Å². The Hall–Kier alpha value is -2.28. The van der Waals surface area contributed by atoms with Crippen LogP contribution in [0.5, 0.6) is 0 Å². The number of nitrogens with zero attached hydrogens (tertiary/aromatic N) is 1. The van der Waals surface area contributed by atoms with Crippen molar-refractivity contribution in [2.75, 3.05) is 19.6 Å². The van der Waals surface area contributed by atoms with Gasteiger partial charge in [0.15, 0.2) is 0 Å². The first-order valence-corrected chi connectivity index (χ1v) is 11.4. The number of halogens is 1. The van der Waals surface area contributed by atoms with Crippen LogP contribution in [0.4, 0.5) is 4.39 Å². The second-order valence-corrected chi connectivity index (χ2v) is 9.50. The monoisotopic (exact) mass is 412 g/mol. The summed E-state index contributed by atoms with van der Waals surface area (Å²) in [4.78, 5) is 2.61. The fraction of sp³-hybridized carbons (Fsp3) is 0.304. The topological polar surface area (TPSA) is 49.4 Å². The minimum absolute atomic E-state index is 0.228. The van der Waals surface area contributed by atoms with Gasteiger partial charge in [-0.05, 0) is 65.9 Å². The molecule has 1 aliphatic rings. The number of rotatable bonds is 6. The quantitative estimate of drug-likeness (QED) is 0.661. The number of nitrogens with one attached hydrogen (secondary N) is 1. The summed E-state index contributed by atoms with van der Waals surface area (Å²) in [5, 5.41) is 1.94. The standard InChI is InChI=1S/C23H25FN2O2S/c24-22-10-7-18(8-11-22)16-26-13-3-4-19(17-26)15-25-29(27,28)23-12-9-20-5-1-2-6-21(20)14-23/h1-2,5-12,14,19,25H,3-4,13,15-17H2. The minimum atomic E-state index is -3.54. The summed E-state index contributed by atoms with van der Waals surface area (Å²) in [5.41, 5.74) is 1.07. The number of piperidine rings is 1. The summed E-state index contributed by atoms with van der Waals surface area (Å²) in [6.07, 6.45) is 2.03. The molecular formula is C23H25FN2O2S. The molecule has 1 N–H and O–H groups in total. The lowest BCUT2D eigenvalue weighted by Crippen LogP contribution is -2.40. The highest BCUT2D eigenvalue weighted by Gasteiger charge is 2.22. The molecule has 0 amide bonds. The van der Waals surface area contributed by atoms with Gasteiger partial charge < -0.3 is 0 Å². The normalized spacial score (nSPS) is 18.2. The van der Waals surface area contributed by atoms with Crippen molar-refractivity contribution in [2.24, 2.45) is 5.92 Å². The molecule has 0 radical (unpaired) electrons. The molecule has 1 unspecified atom stereocenters. The van der Waals surface area contributed by atoms with Gasteiger partial charge in [0.2, 0.25) is 10.0 Å². The summed E-state index contributed by atoms with van der Waals surface area (Å²) in [6, 6.07) is 19.5. The van der Waals surface area contributed by atoms with Gasteiger partial charge in [0.1, 0.15) is 5.82 Å². The zero-order valence-corrected chi connectivity index (χ0v) is 17.0. The molecule has 3 aromatic carbocycles. The van der Waals surface area contributed by atoms with Crippen molar-refractivity contribution in [3.63, 3.8) is 0 Å². The van der Waals surface area contributed by atoms with Gasteiger partial charge in [-0.2, -0.15) is 0 Å². The molecule has 0 spiro atoms. The summed E-state index contributed by atoms with van der Waals surface area (Å²) < 4.78 is 41.4. The third kappa shape index (κ3) is 5.01. The van der Waals surface area contributed by atoms with Crippen LogP contribution in [0.3, 0.4) is 0 Å². The molecule has 1 heterocycles. The van der Waals surface area contributed by atoms with Crippen LogP contribution < -0.4 is 4.72 Å². The van der Waals surface area contributed by atoms with E-state index in [1.54, 1.807) is 24.3 Å². The van der Waals surface area contributed by atoms with E-state index in [9.17, 15) is 12.8 Å². The maximum atomic E-state index is 13.1. The maximum absolute atomic E-state index is 13.1. The van der Waals surface area contributed by atoms with Crippen molar-refractivity contribution in [1.82, 2.24) is 9.62 Å². The van der Waals surface area contributed by atoms with E-state index in [4.69, 9.17) is 0 Å². The van der Waals surface area contributed by atoms with Gasteiger partial charge in [0.05, 0.1) is 4.90 Å². The largest absolute Gasteiger partial charge is 0.299 e. The molecule has 1 fully saturated rings. The highest BCUT2D eigenvalue weighted by Crippen LogP contribution is 2.21. The van der Waals surface area contributed by atoms with Crippen molar-refractivity contribution >= 4 is 20.8 Å². The molecule has 1 saturated heterocycles. The molecule has 4 rings (SSSR count). The fourth-order valence-electron chi connectivity index (χ4n) is 3.95. The molecule has 4 nitrogen and oxygen atoms in total. The average molecular weight is 413 g/mol. The van der Waals surface area contributed by atoms with E-state index in [2.05, 4.69) is 9.62 Å². The van der Waals surface area contributed by atoms with Crippen molar-refractivity contribution < 1.29 is 12.8 Å². The van der Waals surface area contributed by atoms with Crippen LogP contribution in [-0.4, -0.2) is 33.0 Å². The number of fused-ring (bicyclic) bond motifs is 1. The third-order valence-corrected chi connectivity index (χ3v) is 6.94. The van der Waals surface area contributed by atoms with E-state index < -0.39 is 10.0 Å². The number of sulfonamides is 1. The van der Waals surface area contributed by atoms with Crippen LogP contribution in [0, 0.1) is 11.7 Å². The lowest BCUT2D eigenvalue weighted by molar-refractivity contribution is 0.169. The Labute approximate surface area is 171 Å². The maximum Gasteiger partial charge on any atom is 0.240 e. The second kappa shape index (κ2) is 8.61. The van der Waals surface area contributed by atoms with Crippen LogP contribution in [0.2, 0.25) is 0 Å². The van der Waals surface area contributed by atoms with Gasteiger partial charge in [-0.15, -0.1) is 0 Å². The zero-order chi connectivity index (χ0) is 20.3. The number of hydrogen-bond acceptors (Lipinski definition) is 3. The van der Waals surface area contributed by atoms with Gasteiger partial charge in [-0.1, -0.05) is 42.5 Å². The highest BCUT2D eigenvalue weighted by atomic mass is 32.2. The smallest absolute Gasteiger partial charge is 0.240 e. The Morgan fingerprint density at radius 2 is 1.76 bits per heavy atom. The lowest BCUT2D eigenvalue weighted by atomic mass is 9.98. The highest BCUT2D eigenvalue weighted by molar-refractivity contribution is 7.89. The van der Waals surface area contributed by atoms with E-state index in [1.807, 2.05) is 30.3 Å². The van der Waals surface area contributed by atoms with Crippen molar-refractivity contribution in [1.29, 1.82) is 0 Å². The molecule has 29 heavy (non-hydrogen) atoms. The van der Waals surface area contributed by atoms with E-state index in [0.29, 0.717) is 11.4 Å². The SMILES string of the molecule is O=S(=O)(NCC1CCCN(Cc2ccc(F)cc2)C1)c1ccc2ccccc2c1. The molecule has 3 aromatic rings. The molecular weight excluding hydrogens is 387 g/mol. The van der Waals surface area contributed by atoms with E-state index in [1.165, 1.54) is 12.1 Å². The Morgan fingerprint density at radius 1 is 1.00 bits per heavy atom. The van der Waals surface area contributed by atoms with Crippen molar-refractivity contribution in [3.05, 3.63) is 78.1 Å². The number of benzene rings is 3. The first kappa shape index (κ1) is 20.0. The summed E-state index contributed by atoms with van der Waals surface area (Å²) in [7, 11) is -3.54. The van der Waals surface area contributed by atoms with E-state index in [0.717, 1.165) is 48.8 Å². The van der Waals surface area contributed by atoms with E-state index in [-0.39, 0.29) is 11.7 Å². The van der Waals surface area contributed by atoms with Gasteiger partial charge in [0, 0.05) is 19.6 Å². The zero-order valence-electron chi connectivity index (χ0n) is 16.2.